The number of aromatic nitrogens is 3. The van der Waals surface area contributed by atoms with Crippen LogP contribution in [0.1, 0.15) is 5.56 Å². The molecule has 2 heterocycles. The maximum atomic E-state index is 9.16. The van der Waals surface area contributed by atoms with Crippen LogP contribution < -0.4 is 5.73 Å². The minimum Gasteiger partial charge on any atom is -0.369 e. The largest absolute Gasteiger partial charge is 0.369 e. The first-order valence-corrected chi connectivity index (χ1v) is 5.87. The second-order valence-electron chi connectivity index (χ2n) is 3.93. The summed E-state index contributed by atoms with van der Waals surface area (Å²) in [6, 6.07) is 11.0. The fourth-order valence-corrected chi connectivity index (χ4v) is 2.11. The van der Waals surface area contributed by atoms with E-state index in [1.165, 1.54) is 6.20 Å². The summed E-state index contributed by atoms with van der Waals surface area (Å²) in [7, 11) is 0. The van der Waals surface area contributed by atoms with Crippen LogP contribution in [-0.2, 0) is 0 Å². The number of nitrogens with zero attached hydrogens (tertiary/aromatic N) is 4. The summed E-state index contributed by atoms with van der Waals surface area (Å²) < 4.78 is 1.64. The van der Waals surface area contributed by atoms with Gasteiger partial charge in [0.1, 0.15) is 11.6 Å². The van der Waals surface area contributed by atoms with E-state index < -0.39 is 0 Å². The molecule has 0 saturated heterocycles. The summed E-state index contributed by atoms with van der Waals surface area (Å²) in [6.07, 6.45) is 1.52. The molecule has 92 valence electrons. The zero-order valence-corrected chi connectivity index (χ0v) is 10.5. The van der Waals surface area contributed by atoms with Crippen molar-refractivity contribution in [1.82, 2.24) is 14.5 Å². The number of nitrogen functional groups attached to an aromatic ring is 1. The highest BCUT2D eigenvalue weighted by molar-refractivity contribution is 6.31. The van der Waals surface area contributed by atoms with Crippen LogP contribution in [0.2, 0.25) is 5.02 Å². The number of fused-ring (bicyclic) bond motifs is 1. The number of imidazole rings is 1. The molecule has 6 heteroatoms. The van der Waals surface area contributed by atoms with Crippen LogP contribution in [0.4, 0.5) is 5.95 Å². The van der Waals surface area contributed by atoms with Crippen molar-refractivity contribution in [3.8, 4) is 11.8 Å². The van der Waals surface area contributed by atoms with Crippen LogP contribution in [0.25, 0.3) is 16.9 Å². The lowest BCUT2D eigenvalue weighted by atomic mass is 10.2. The number of hydrogen-bond donors (Lipinski definition) is 1. The Labute approximate surface area is 113 Å². The lowest BCUT2D eigenvalue weighted by molar-refractivity contribution is 1.08. The molecule has 0 saturated carbocycles. The number of halogens is 1. The quantitative estimate of drug-likeness (QED) is 0.736. The van der Waals surface area contributed by atoms with Crippen molar-refractivity contribution in [2.24, 2.45) is 0 Å². The molecule has 0 aliphatic heterocycles. The summed E-state index contributed by atoms with van der Waals surface area (Å²) in [5.74, 6) is 0.271. The summed E-state index contributed by atoms with van der Waals surface area (Å²) in [5, 5.41) is 9.65. The Morgan fingerprint density at radius 2 is 2.11 bits per heavy atom. The van der Waals surface area contributed by atoms with Gasteiger partial charge in [0, 0.05) is 6.20 Å². The fourth-order valence-electron chi connectivity index (χ4n) is 1.96. The van der Waals surface area contributed by atoms with E-state index in [0.29, 0.717) is 27.4 Å². The van der Waals surface area contributed by atoms with Gasteiger partial charge in [0.2, 0.25) is 5.95 Å². The molecule has 0 amide bonds. The highest BCUT2D eigenvalue weighted by atomic mass is 35.5. The van der Waals surface area contributed by atoms with Gasteiger partial charge in [0.25, 0.3) is 0 Å². The van der Waals surface area contributed by atoms with Gasteiger partial charge in [0.15, 0.2) is 5.65 Å². The predicted octanol–water partition coefficient (Wildman–Crippen LogP) is 2.53. The third-order valence-electron chi connectivity index (χ3n) is 2.76. The van der Waals surface area contributed by atoms with Gasteiger partial charge in [-0.1, -0.05) is 23.7 Å². The molecule has 0 spiro atoms. The minimum atomic E-state index is 0.271. The molecule has 2 aromatic heterocycles. The summed E-state index contributed by atoms with van der Waals surface area (Å²) in [6.45, 7) is 0. The Bertz CT molecular complexity index is 816. The molecule has 19 heavy (non-hydrogen) atoms. The summed E-state index contributed by atoms with van der Waals surface area (Å²) >= 11 is 5.88. The Morgan fingerprint density at radius 1 is 1.32 bits per heavy atom. The van der Waals surface area contributed by atoms with Crippen LogP contribution in [0.3, 0.4) is 0 Å². The van der Waals surface area contributed by atoms with Crippen LogP contribution in [0, 0.1) is 11.3 Å². The van der Waals surface area contributed by atoms with Crippen molar-refractivity contribution in [2.75, 3.05) is 5.73 Å². The molecule has 3 rings (SSSR count). The molecule has 0 aliphatic carbocycles. The lowest BCUT2D eigenvalue weighted by Crippen LogP contribution is -2.03. The maximum absolute atomic E-state index is 9.16. The van der Waals surface area contributed by atoms with Crippen molar-refractivity contribution in [3.05, 3.63) is 47.1 Å². The first kappa shape index (κ1) is 11.5. The molecule has 0 bridgehead atoms. The molecule has 1 aromatic carbocycles. The fraction of sp³-hybridized carbons (Fsp3) is 0. The van der Waals surface area contributed by atoms with Gasteiger partial charge in [-0.3, -0.25) is 4.57 Å². The van der Waals surface area contributed by atoms with E-state index in [1.807, 2.05) is 6.07 Å². The van der Waals surface area contributed by atoms with E-state index in [0.717, 1.165) is 0 Å². The van der Waals surface area contributed by atoms with Crippen molar-refractivity contribution < 1.29 is 0 Å². The average molecular weight is 270 g/mol. The number of para-hydroxylation sites is 1. The van der Waals surface area contributed by atoms with Gasteiger partial charge < -0.3 is 5.73 Å². The van der Waals surface area contributed by atoms with Crippen molar-refractivity contribution in [2.45, 2.75) is 0 Å². The Morgan fingerprint density at radius 3 is 2.89 bits per heavy atom. The topological polar surface area (TPSA) is 80.5 Å². The number of hydrogen-bond acceptors (Lipinski definition) is 4. The third-order valence-corrected chi connectivity index (χ3v) is 2.96. The monoisotopic (exact) mass is 269 g/mol. The van der Waals surface area contributed by atoms with E-state index in [2.05, 4.69) is 16.0 Å². The molecule has 5 nitrogen and oxygen atoms in total. The third kappa shape index (κ3) is 1.79. The van der Waals surface area contributed by atoms with Crippen molar-refractivity contribution in [3.63, 3.8) is 0 Å². The Kier molecular flexibility index (Phi) is 2.58. The zero-order chi connectivity index (χ0) is 13.4. The van der Waals surface area contributed by atoms with Crippen LogP contribution in [0.5, 0.6) is 0 Å². The van der Waals surface area contributed by atoms with Crippen molar-refractivity contribution >= 4 is 28.7 Å². The van der Waals surface area contributed by atoms with E-state index in [1.54, 1.807) is 28.8 Å². The van der Waals surface area contributed by atoms with Crippen LogP contribution in [-0.4, -0.2) is 14.5 Å². The summed E-state index contributed by atoms with van der Waals surface area (Å²) in [4.78, 5) is 8.44. The Balaban J connectivity index is 2.37. The predicted molar refractivity (Wildman–Crippen MR) is 73.0 cm³/mol. The van der Waals surface area contributed by atoms with Gasteiger partial charge in [-0.2, -0.15) is 5.26 Å². The van der Waals surface area contributed by atoms with Gasteiger partial charge in [-0.05, 0) is 18.2 Å². The molecule has 0 radical (unpaired) electrons. The van der Waals surface area contributed by atoms with Gasteiger partial charge in [0.05, 0.1) is 16.3 Å². The second kappa shape index (κ2) is 4.26. The number of nitrogens with two attached hydrogens (primary N) is 1. The van der Waals surface area contributed by atoms with Gasteiger partial charge >= 0.3 is 0 Å². The first-order valence-electron chi connectivity index (χ1n) is 5.49. The smallest absolute Gasteiger partial charge is 0.207 e. The SMILES string of the molecule is N#Cc1ccccc1-n1c(N)nc2cc(Cl)cnc21. The van der Waals surface area contributed by atoms with E-state index >= 15 is 0 Å². The standard InChI is InChI=1S/C13H8ClN5/c14-9-5-10-12(17-7-9)19(13(16)18-10)11-4-2-1-3-8(11)6-15/h1-5,7H,(H2,16,18). The van der Waals surface area contributed by atoms with Crippen LogP contribution >= 0.6 is 11.6 Å². The molecule has 0 unspecified atom stereocenters. The van der Waals surface area contributed by atoms with Gasteiger partial charge in [-0.15, -0.1) is 0 Å². The maximum Gasteiger partial charge on any atom is 0.207 e. The molecular weight excluding hydrogens is 262 g/mol. The van der Waals surface area contributed by atoms with E-state index in [4.69, 9.17) is 22.6 Å². The number of anilines is 1. The number of rotatable bonds is 1. The van der Waals surface area contributed by atoms with E-state index in [-0.39, 0.29) is 5.95 Å². The van der Waals surface area contributed by atoms with Crippen molar-refractivity contribution in [1.29, 1.82) is 5.26 Å². The van der Waals surface area contributed by atoms with E-state index in [9.17, 15) is 0 Å². The first-order chi connectivity index (χ1) is 9.20. The lowest BCUT2D eigenvalue weighted by Gasteiger charge is -2.07. The average Bonchev–Trinajstić information content (AvgIpc) is 2.73. The molecule has 0 fully saturated rings. The van der Waals surface area contributed by atoms with Crippen LogP contribution in [0.15, 0.2) is 36.5 Å². The highest BCUT2D eigenvalue weighted by Crippen LogP contribution is 2.25. The number of benzene rings is 1. The number of nitriles is 1. The molecule has 3 aromatic rings. The summed E-state index contributed by atoms with van der Waals surface area (Å²) in [5.41, 5.74) is 8.24. The molecule has 0 atom stereocenters. The zero-order valence-electron chi connectivity index (χ0n) is 9.71. The minimum absolute atomic E-state index is 0.271. The molecule has 2 N–H and O–H groups in total. The van der Waals surface area contributed by atoms with Gasteiger partial charge in [-0.25, -0.2) is 9.97 Å². The number of pyridine rings is 1. The highest BCUT2D eigenvalue weighted by Gasteiger charge is 2.14. The Hall–Kier alpha value is -2.58. The normalized spacial score (nSPS) is 10.5. The molecule has 0 aliphatic rings. The second-order valence-corrected chi connectivity index (χ2v) is 4.37. The molecular formula is C13H8ClN5.